The van der Waals surface area contributed by atoms with Gasteiger partial charge in [-0.15, -0.1) is 0 Å². The highest BCUT2D eigenvalue weighted by atomic mass is 28.4. The highest BCUT2D eigenvalue weighted by Crippen LogP contribution is 2.48. The van der Waals surface area contributed by atoms with Crippen LogP contribution in [0.5, 0.6) is 5.75 Å². The minimum absolute atomic E-state index is 0.0574. The molecule has 2 aliphatic rings. The summed E-state index contributed by atoms with van der Waals surface area (Å²) in [6, 6.07) is 5.76. The molecule has 1 N–H and O–H groups in total. The number of carbonyl (C=O) groups excluding carboxylic acids is 1. The lowest BCUT2D eigenvalue weighted by Gasteiger charge is -2.43. The van der Waals surface area contributed by atoms with Gasteiger partial charge in [-0.05, 0) is 50.6 Å². The molecular formula is C21H32FNO4Si. The van der Waals surface area contributed by atoms with E-state index in [9.17, 15) is 9.90 Å². The molecule has 7 heteroatoms. The summed E-state index contributed by atoms with van der Waals surface area (Å²) in [7, 11) is -1.38. The zero-order valence-corrected chi connectivity index (χ0v) is 18.3. The first-order valence-corrected chi connectivity index (χ1v) is 13.2. The minimum atomic E-state index is -3.04. The predicted octanol–water partition coefficient (Wildman–Crippen LogP) is 4.22. The largest absolute Gasteiger partial charge is 0.490 e. The van der Waals surface area contributed by atoms with E-state index in [4.69, 9.17) is 9.47 Å². The summed E-state index contributed by atoms with van der Waals surface area (Å²) < 4.78 is 27.1. The van der Waals surface area contributed by atoms with Gasteiger partial charge in [0.05, 0.1) is 6.10 Å². The second kappa shape index (κ2) is 8.51. The number of aliphatic hydroxyl groups excluding tert-OH is 1. The van der Waals surface area contributed by atoms with Gasteiger partial charge < -0.3 is 23.6 Å². The molecule has 2 aliphatic heterocycles. The Hall–Kier alpha value is -1.44. The third-order valence-electron chi connectivity index (χ3n) is 6.17. The molecule has 1 aromatic rings. The first-order valence-electron chi connectivity index (χ1n) is 10.2. The Morgan fingerprint density at radius 1 is 1.39 bits per heavy atom. The lowest BCUT2D eigenvalue weighted by molar-refractivity contribution is -0.119. The van der Waals surface area contributed by atoms with Gasteiger partial charge in [-0.2, -0.15) is 0 Å². The van der Waals surface area contributed by atoms with Crippen molar-refractivity contribution in [3.8, 4) is 5.75 Å². The number of aliphatic hydroxyl groups is 1. The topological polar surface area (TPSA) is 59.0 Å². The zero-order valence-electron chi connectivity index (χ0n) is 17.3. The van der Waals surface area contributed by atoms with Gasteiger partial charge in [0.25, 0.3) is 0 Å². The molecule has 0 saturated carbocycles. The third-order valence-corrected chi connectivity index (χ3v) is 8.55. The molecule has 5 nitrogen and oxygen atoms in total. The van der Waals surface area contributed by atoms with Crippen molar-refractivity contribution >= 4 is 20.0 Å². The molecule has 4 atom stereocenters. The van der Waals surface area contributed by atoms with Crippen LogP contribution in [0.15, 0.2) is 18.2 Å². The standard InChI is InChI=1S/C21H32FNO4Si/c1-14-20(26-2)16-13-15(23-11-6-5-7-19(23)25)8-9-17(16)27-21(14)18(10-12-24)28(3,4)22/h8-9,13-14,18,20-21,24H,5-7,10-12H2,1-4H3/t14-,18?,20-,21-/m0/s1. The average molecular weight is 410 g/mol. The van der Waals surface area contributed by atoms with E-state index in [0.717, 1.165) is 30.6 Å². The number of hydrogen-bond acceptors (Lipinski definition) is 4. The Kier molecular flexibility index (Phi) is 6.46. The fourth-order valence-electron chi connectivity index (χ4n) is 4.65. The van der Waals surface area contributed by atoms with Gasteiger partial charge >= 0.3 is 0 Å². The quantitative estimate of drug-likeness (QED) is 0.565. The molecule has 156 valence electrons. The van der Waals surface area contributed by atoms with Gasteiger partial charge in [-0.1, -0.05) is 6.92 Å². The average Bonchev–Trinajstić information content (AvgIpc) is 2.65. The second-order valence-electron chi connectivity index (χ2n) is 8.51. The number of amides is 1. The molecule has 0 aromatic heterocycles. The van der Waals surface area contributed by atoms with Crippen molar-refractivity contribution in [1.82, 2.24) is 0 Å². The Morgan fingerprint density at radius 2 is 2.14 bits per heavy atom. The molecule has 2 heterocycles. The number of anilines is 1. The summed E-state index contributed by atoms with van der Waals surface area (Å²) in [5.41, 5.74) is 1.46. The van der Waals surface area contributed by atoms with Crippen LogP contribution in [0, 0.1) is 5.92 Å². The molecule has 0 aliphatic carbocycles. The van der Waals surface area contributed by atoms with Crippen molar-refractivity contribution in [3.05, 3.63) is 23.8 Å². The number of halogens is 1. The second-order valence-corrected chi connectivity index (χ2v) is 12.4. The summed E-state index contributed by atoms with van der Waals surface area (Å²) in [4.78, 5) is 14.1. The Balaban J connectivity index is 1.95. The van der Waals surface area contributed by atoms with E-state index in [2.05, 4.69) is 0 Å². The molecule has 1 aromatic carbocycles. The molecule has 1 amide bonds. The van der Waals surface area contributed by atoms with Crippen molar-refractivity contribution in [3.63, 3.8) is 0 Å². The van der Waals surface area contributed by atoms with Crippen molar-refractivity contribution in [2.75, 3.05) is 25.2 Å². The summed E-state index contributed by atoms with van der Waals surface area (Å²) in [5, 5.41) is 9.47. The number of benzene rings is 1. The van der Waals surface area contributed by atoms with Gasteiger partial charge in [-0.25, -0.2) is 0 Å². The number of hydrogen-bond donors (Lipinski definition) is 1. The van der Waals surface area contributed by atoms with Crippen LogP contribution in [0.2, 0.25) is 18.6 Å². The van der Waals surface area contributed by atoms with Gasteiger partial charge in [0, 0.05) is 49.4 Å². The van der Waals surface area contributed by atoms with E-state index < -0.39 is 8.41 Å². The first kappa shape index (κ1) is 21.3. The van der Waals surface area contributed by atoms with Crippen LogP contribution in [0.25, 0.3) is 0 Å². The van der Waals surface area contributed by atoms with E-state index in [1.807, 2.05) is 30.0 Å². The van der Waals surface area contributed by atoms with Crippen molar-refractivity contribution < 1.29 is 23.5 Å². The number of rotatable bonds is 6. The fourth-order valence-corrected chi connectivity index (χ4v) is 6.62. The number of carbonyl (C=O) groups is 1. The van der Waals surface area contributed by atoms with Crippen LogP contribution in [0.4, 0.5) is 9.80 Å². The van der Waals surface area contributed by atoms with Crippen LogP contribution >= 0.6 is 0 Å². The Labute approximate surface area is 168 Å². The zero-order chi connectivity index (χ0) is 20.5. The SMILES string of the molecule is CO[C@@H]1c2cc(N3CCCCC3=O)ccc2O[C@H](C(CCO)[Si](C)(C)F)[C@H]1C. The molecule has 3 rings (SSSR count). The van der Waals surface area contributed by atoms with E-state index >= 15 is 4.11 Å². The summed E-state index contributed by atoms with van der Waals surface area (Å²) in [6.07, 6.45) is 2.32. The Morgan fingerprint density at radius 3 is 2.75 bits per heavy atom. The number of methoxy groups -OCH3 is 1. The van der Waals surface area contributed by atoms with Crippen LogP contribution in [-0.4, -0.2) is 45.8 Å². The normalized spacial score (nSPS) is 26.6. The van der Waals surface area contributed by atoms with E-state index in [-0.39, 0.29) is 36.2 Å². The monoisotopic (exact) mass is 409 g/mol. The van der Waals surface area contributed by atoms with Gasteiger partial charge in [0.2, 0.25) is 14.3 Å². The maximum Gasteiger partial charge on any atom is 0.247 e. The van der Waals surface area contributed by atoms with Crippen LogP contribution in [0.3, 0.4) is 0 Å². The van der Waals surface area contributed by atoms with Gasteiger partial charge in [0.1, 0.15) is 11.9 Å². The smallest absolute Gasteiger partial charge is 0.247 e. The highest BCUT2D eigenvalue weighted by molar-refractivity contribution is 6.72. The third kappa shape index (κ3) is 4.11. The highest BCUT2D eigenvalue weighted by Gasteiger charge is 2.47. The Bertz CT molecular complexity index is 708. The maximum absolute atomic E-state index is 15.0. The first-order chi connectivity index (χ1) is 13.3. The van der Waals surface area contributed by atoms with E-state index in [1.165, 1.54) is 0 Å². The van der Waals surface area contributed by atoms with Crippen LogP contribution < -0.4 is 9.64 Å². The molecule has 0 spiro atoms. The van der Waals surface area contributed by atoms with Crippen LogP contribution in [-0.2, 0) is 9.53 Å². The number of nitrogens with zero attached hydrogens (tertiary/aromatic N) is 1. The number of piperidine rings is 1. The molecule has 1 fully saturated rings. The van der Waals surface area contributed by atoms with Crippen molar-refractivity contribution in [1.29, 1.82) is 0 Å². The van der Waals surface area contributed by atoms with Gasteiger partial charge in [-0.3, -0.25) is 4.79 Å². The number of fused-ring (bicyclic) bond motifs is 1. The summed E-state index contributed by atoms with van der Waals surface area (Å²) >= 11 is 0. The molecule has 28 heavy (non-hydrogen) atoms. The molecule has 0 bridgehead atoms. The molecule has 0 radical (unpaired) electrons. The molecule has 1 saturated heterocycles. The lowest BCUT2D eigenvalue weighted by Crippen LogP contribution is -2.46. The molecular weight excluding hydrogens is 377 g/mol. The van der Waals surface area contributed by atoms with E-state index in [0.29, 0.717) is 18.6 Å². The summed E-state index contributed by atoms with van der Waals surface area (Å²) in [5.74, 6) is 0.768. The number of ether oxygens (including phenoxy) is 2. The summed E-state index contributed by atoms with van der Waals surface area (Å²) in [6.45, 7) is 6.04. The molecule has 1 unspecified atom stereocenters. The van der Waals surface area contributed by atoms with Crippen molar-refractivity contribution in [2.24, 2.45) is 5.92 Å². The fraction of sp³-hybridized carbons (Fsp3) is 0.667. The van der Waals surface area contributed by atoms with Crippen LogP contribution in [0.1, 0.15) is 44.3 Å². The van der Waals surface area contributed by atoms with Gasteiger partial charge in [0.15, 0.2) is 0 Å². The minimum Gasteiger partial charge on any atom is -0.490 e. The van der Waals surface area contributed by atoms with Crippen molar-refractivity contribution in [2.45, 2.75) is 63.5 Å². The predicted molar refractivity (Wildman–Crippen MR) is 110 cm³/mol. The maximum atomic E-state index is 15.0. The van der Waals surface area contributed by atoms with E-state index in [1.54, 1.807) is 20.2 Å². The lowest BCUT2D eigenvalue weighted by atomic mass is 9.86.